The van der Waals surface area contributed by atoms with Gasteiger partial charge in [0.15, 0.2) is 0 Å². The summed E-state index contributed by atoms with van der Waals surface area (Å²) in [4.78, 5) is 0. The summed E-state index contributed by atoms with van der Waals surface area (Å²) in [6, 6.07) is 43.1. The molecule has 0 fully saturated rings. The fraction of sp³-hybridized carbons (Fsp3) is 0.111. The van der Waals surface area contributed by atoms with Crippen LogP contribution in [0.3, 0.4) is 0 Å². The summed E-state index contributed by atoms with van der Waals surface area (Å²) < 4.78 is 38.7. The van der Waals surface area contributed by atoms with E-state index in [-0.39, 0.29) is 0 Å². The molecular weight excluding hydrogens is 657 g/mol. The van der Waals surface area contributed by atoms with Crippen LogP contribution in [-0.4, -0.2) is 13.3 Å². The van der Waals surface area contributed by atoms with Crippen molar-refractivity contribution in [1.82, 2.24) is 0 Å². The molecule has 2 aliphatic rings. The molecule has 0 N–H and O–H groups in total. The van der Waals surface area contributed by atoms with Crippen molar-refractivity contribution in [2.75, 3.05) is 0 Å². The van der Waals surface area contributed by atoms with Crippen molar-refractivity contribution in [1.29, 1.82) is 0 Å². The average Bonchev–Trinajstić information content (AvgIpc) is 3.77. The number of benzene rings is 6. The Balaban J connectivity index is 1.33. The SMILES string of the molecule is [2H]C([2H])([2H])c1cc[n+]2c(c1)-c1c(ccc3c1oc1c3ccc3c4ccccc4c4ccccc4c31)C21c2ccccc2-c2cc[c]([Ge]([CH3])([CH3])[CH3])c[n+]21. The second kappa shape index (κ2) is 9.25. The van der Waals surface area contributed by atoms with Crippen molar-refractivity contribution in [3.05, 3.63) is 150 Å². The Kier molecular flexibility index (Phi) is 4.68. The number of pyridine rings is 2. The Morgan fingerprint density at radius 3 is 2.02 bits per heavy atom. The monoisotopic (exact) mass is 695 g/mol. The summed E-state index contributed by atoms with van der Waals surface area (Å²) >= 11 is -2.29. The first-order valence-electron chi connectivity index (χ1n) is 18.5. The van der Waals surface area contributed by atoms with Gasteiger partial charge in [0.25, 0.3) is 0 Å². The van der Waals surface area contributed by atoms with E-state index >= 15 is 0 Å². The van der Waals surface area contributed by atoms with Crippen molar-refractivity contribution in [3.63, 3.8) is 0 Å². The van der Waals surface area contributed by atoms with E-state index in [0.29, 0.717) is 5.56 Å². The van der Waals surface area contributed by atoms with Gasteiger partial charge in [-0.05, 0) is 5.39 Å². The minimum atomic E-state index is -2.29. The van der Waals surface area contributed by atoms with Crippen molar-refractivity contribution >= 4 is 71.9 Å². The molecule has 9 aromatic rings. The summed E-state index contributed by atoms with van der Waals surface area (Å²) in [5, 5.41) is 9.09. The summed E-state index contributed by atoms with van der Waals surface area (Å²) in [6.07, 6.45) is 4.37. The van der Waals surface area contributed by atoms with E-state index in [4.69, 9.17) is 8.53 Å². The predicted octanol–water partition coefficient (Wildman–Crippen LogP) is 9.73. The van der Waals surface area contributed by atoms with E-state index in [1.807, 2.05) is 12.3 Å². The number of nitrogens with zero attached hydrogens (tertiary/aromatic N) is 2. The molecule has 49 heavy (non-hydrogen) atoms. The zero-order chi connectivity index (χ0) is 35.3. The molecule has 1 spiro atoms. The molecule has 1 unspecified atom stereocenters. The first-order chi connectivity index (χ1) is 25.1. The van der Waals surface area contributed by atoms with Crippen LogP contribution in [0.25, 0.3) is 76.8 Å². The van der Waals surface area contributed by atoms with E-state index in [2.05, 4.69) is 142 Å². The summed E-state index contributed by atoms with van der Waals surface area (Å²) in [7, 11) is 0. The Hall–Kier alpha value is -5.26. The number of aromatic nitrogens is 2. The van der Waals surface area contributed by atoms with Crippen LogP contribution in [0, 0.1) is 6.85 Å². The van der Waals surface area contributed by atoms with Crippen LogP contribution in [0.4, 0.5) is 0 Å². The Labute approximate surface area is 291 Å². The standard InChI is InChI=1S/C45H34GeN2O/c1-27-23-24-47-40(25-27)42-38(45(47)37-16-10-9-15-36(37)39-22-17-28(26-48(39)45)46(2,3)4)21-20-35-34-19-18-33-31-13-6-5-11-29(31)30-12-7-8-14-32(30)41(33)43(34)49-44(35)42/h5-26H,1-4H3/q+2/i1D3. The number of hydrogen-bond acceptors (Lipinski definition) is 1. The molecule has 0 bridgehead atoms. The fourth-order valence-electron chi connectivity index (χ4n) is 9.03. The molecule has 0 aliphatic carbocycles. The summed E-state index contributed by atoms with van der Waals surface area (Å²) in [5.74, 6) is 7.29. The van der Waals surface area contributed by atoms with E-state index in [9.17, 15) is 0 Å². The molecule has 1 atom stereocenters. The number of aryl methyl sites for hydroxylation is 1. The second-order valence-electron chi connectivity index (χ2n) is 14.7. The average molecular weight is 694 g/mol. The zero-order valence-electron chi connectivity index (χ0n) is 30.5. The van der Waals surface area contributed by atoms with Crippen molar-refractivity contribution < 1.29 is 17.7 Å². The zero-order valence-corrected chi connectivity index (χ0v) is 29.6. The molecule has 0 saturated carbocycles. The van der Waals surface area contributed by atoms with Gasteiger partial charge in [0, 0.05) is 0 Å². The molecule has 0 radical (unpaired) electrons. The molecule has 3 nitrogen and oxygen atoms in total. The molecule has 0 saturated heterocycles. The van der Waals surface area contributed by atoms with Gasteiger partial charge in [0.05, 0.1) is 0 Å². The second-order valence-corrected chi connectivity index (χ2v) is 25.4. The van der Waals surface area contributed by atoms with Crippen LogP contribution in [-0.2, 0) is 5.66 Å². The first kappa shape index (κ1) is 24.8. The fourth-order valence-corrected chi connectivity index (χ4v) is 11.3. The molecule has 5 heterocycles. The van der Waals surface area contributed by atoms with Crippen LogP contribution in [0.2, 0.25) is 17.3 Å². The third-order valence-corrected chi connectivity index (χ3v) is 15.4. The maximum atomic E-state index is 8.44. The molecule has 3 aromatic heterocycles. The predicted molar refractivity (Wildman–Crippen MR) is 203 cm³/mol. The minimum absolute atomic E-state index is 0.313. The van der Waals surface area contributed by atoms with Crippen LogP contribution < -0.4 is 13.5 Å². The maximum absolute atomic E-state index is 8.44. The molecule has 0 amide bonds. The van der Waals surface area contributed by atoms with Crippen molar-refractivity contribution in [3.8, 4) is 22.5 Å². The van der Waals surface area contributed by atoms with Gasteiger partial charge in [-0.1, -0.05) is 42.5 Å². The normalized spacial score (nSPS) is 17.4. The van der Waals surface area contributed by atoms with Gasteiger partial charge in [-0.3, -0.25) is 0 Å². The molecule has 4 heteroatoms. The van der Waals surface area contributed by atoms with Crippen LogP contribution in [0.5, 0.6) is 0 Å². The third kappa shape index (κ3) is 3.34. The van der Waals surface area contributed by atoms with E-state index in [1.165, 1.54) is 31.7 Å². The Morgan fingerprint density at radius 2 is 1.24 bits per heavy atom. The quantitative estimate of drug-likeness (QED) is 0.0953. The molecular formula is C45H34GeN2O+2. The van der Waals surface area contributed by atoms with Gasteiger partial charge in [-0.15, -0.1) is 0 Å². The molecule has 2 aliphatic heterocycles. The van der Waals surface area contributed by atoms with E-state index in [0.717, 1.165) is 60.6 Å². The summed E-state index contributed by atoms with van der Waals surface area (Å²) in [6.45, 7) is -2.27. The van der Waals surface area contributed by atoms with E-state index in [1.54, 1.807) is 6.07 Å². The van der Waals surface area contributed by atoms with Gasteiger partial charge in [-0.25, -0.2) is 0 Å². The molecule has 232 valence electrons. The number of furan rings is 1. The van der Waals surface area contributed by atoms with Crippen LogP contribution in [0.15, 0.2) is 138 Å². The van der Waals surface area contributed by atoms with E-state index < -0.39 is 25.8 Å². The topological polar surface area (TPSA) is 20.9 Å². The number of rotatable bonds is 1. The van der Waals surface area contributed by atoms with Gasteiger partial charge in [0.2, 0.25) is 0 Å². The van der Waals surface area contributed by atoms with Crippen LogP contribution in [0.1, 0.15) is 20.8 Å². The Morgan fingerprint density at radius 1 is 0.592 bits per heavy atom. The van der Waals surface area contributed by atoms with Gasteiger partial charge in [-0.2, -0.15) is 0 Å². The summed E-state index contributed by atoms with van der Waals surface area (Å²) in [5.41, 5.74) is 7.52. The first-order valence-corrected chi connectivity index (χ1v) is 24.4. The third-order valence-electron chi connectivity index (χ3n) is 11.2. The molecule has 11 rings (SSSR count). The van der Waals surface area contributed by atoms with Gasteiger partial charge in [0.1, 0.15) is 0 Å². The number of hydrogen-bond donors (Lipinski definition) is 0. The molecule has 6 aromatic carbocycles. The van der Waals surface area contributed by atoms with Gasteiger partial charge >= 0.3 is 244 Å². The van der Waals surface area contributed by atoms with Crippen molar-refractivity contribution in [2.45, 2.75) is 29.8 Å². The van der Waals surface area contributed by atoms with Gasteiger partial charge < -0.3 is 0 Å². The number of fused-ring (bicyclic) bond motifs is 21. The van der Waals surface area contributed by atoms with Crippen molar-refractivity contribution in [2.24, 2.45) is 0 Å². The Bertz CT molecular complexity index is 3030. The van der Waals surface area contributed by atoms with Crippen LogP contribution >= 0.6 is 0 Å².